The number of halogens is 3. The Labute approximate surface area is 185 Å². The van der Waals surface area contributed by atoms with Crippen LogP contribution in [0.5, 0.6) is 5.75 Å². The molecule has 2 aromatic rings. The molecule has 11 heteroatoms. The number of aromatic nitrogens is 1. The first kappa shape index (κ1) is 21.5. The Hall–Kier alpha value is -3.34. The van der Waals surface area contributed by atoms with E-state index in [1.807, 2.05) is 0 Å². The second kappa shape index (κ2) is 7.91. The van der Waals surface area contributed by atoms with Crippen LogP contribution in [0.1, 0.15) is 45.7 Å². The van der Waals surface area contributed by atoms with Crippen molar-refractivity contribution in [3.63, 3.8) is 0 Å². The van der Waals surface area contributed by atoms with Crippen molar-refractivity contribution < 1.29 is 32.2 Å². The molecule has 0 unspecified atom stereocenters. The summed E-state index contributed by atoms with van der Waals surface area (Å²) < 4.78 is 53.5. The number of methoxy groups -OCH3 is 1. The van der Waals surface area contributed by atoms with Crippen molar-refractivity contribution in [2.45, 2.75) is 50.7 Å². The minimum atomic E-state index is -1.16. The summed E-state index contributed by atoms with van der Waals surface area (Å²) in [6.07, 6.45) is 3.17. The van der Waals surface area contributed by atoms with Crippen LogP contribution in [-0.2, 0) is 17.8 Å². The first-order chi connectivity index (χ1) is 15.8. The lowest BCUT2D eigenvalue weighted by atomic mass is 10.1. The number of nitrogens with zero attached hydrogens (tertiary/aromatic N) is 2. The molecule has 3 aliphatic rings. The number of nitrogens with one attached hydrogen (secondary N) is 1. The fourth-order valence-electron chi connectivity index (χ4n) is 4.89. The summed E-state index contributed by atoms with van der Waals surface area (Å²) in [5, 5.41) is 2.27. The predicted molar refractivity (Wildman–Crippen MR) is 107 cm³/mol. The molecular formula is C22H20F3N3O5. The number of rotatable bonds is 4. The van der Waals surface area contributed by atoms with Gasteiger partial charge in [-0.15, -0.1) is 0 Å². The topological polar surface area (TPSA) is 89.9 Å². The Bertz CT molecular complexity index is 1210. The summed E-state index contributed by atoms with van der Waals surface area (Å²) in [6.45, 7) is -0.408. The molecule has 174 valence electrons. The lowest BCUT2D eigenvalue weighted by Gasteiger charge is -2.44. The lowest BCUT2D eigenvalue weighted by molar-refractivity contribution is -0.132. The largest absolute Gasteiger partial charge is 0.491 e. The number of carbonyl (C=O) groups excluding carboxylic acids is 2. The number of pyridine rings is 1. The summed E-state index contributed by atoms with van der Waals surface area (Å²) >= 11 is 0. The Morgan fingerprint density at radius 1 is 1.21 bits per heavy atom. The molecule has 1 N–H and O–H groups in total. The standard InChI is InChI=1S/C22H20F3N3O5/c1-32-20-18-22(31)28-11-2-3-12(6-11)33-17(28)9-27(18)8-14(19(20)29)21(30)26-7-13-15(24)4-10(23)5-16(13)25/h4-5,8,11-12,17H,2-3,6-7,9H2,1H3,(H,26,30)/t11-,12+,17+/m0/s1. The number of carbonyl (C=O) groups is 2. The minimum Gasteiger partial charge on any atom is -0.491 e. The van der Waals surface area contributed by atoms with E-state index >= 15 is 0 Å². The highest BCUT2D eigenvalue weighted by Crippen LogP contribution is 2.38. The van der Waals surface area contributed by atoms with Crippen molar-refractivity contribution in [2.24, 2.45) is 0 Å². The third-order valence-electron chi connectivity index (χ3n) is 6.42. The average molecular weight is 463 g/mol. The van der Waals surface area contributed by atoms with Gasteiger partial charge in [-0.1, -0.05) is 0 Å². The molecule has 1 aromatic heterocycles. The van der Waals surface area contributed by atoms with E-state index in [0.717, 1.165) is 19.3 Å². The van der Waals surface area contributed by atoms with Crippen LogP contribution in [-0.4, -0.2) is 46.8 Å². The van der Waals surface area contributed by atoms with E-state index < -0.39 is 53.0 Å². The van der Waals surface area contributed by atoms with Gasteiger partial charge in [-0.3, -0.25) is 14.4 Å². The Morgan fingerprint density at radius 3 is 2.64 bits per heavy atom. The minimum absolute atomic E-state index is 0.0262. The van der Waals surface area contributed by atoms with Gasteiger partial charge in [0, 0.05) is 36.5 Å². The van der Waals surface area contributed by atoms with E-state index in [9.17, 15) is 27.6 Å². The summed E-state index contributed by atoms with van der Waals surface area (Å²) in [5.74, 6) is -5.03. The molecule has 8 nitrogen and oxygen atoms in total. The fourth-order valence-corrected chi connectivity index (χ4v) is 4.89. The molecule has 3 heterocycles. The van der Waals surface area contributed by atoms with E-state index in [2.05, 4.69) is 5.32 Å². The Balaban J connectivity index is 1.47. The molecule has 1 saturated heterocycles. The van der Waals surface area contributed by atoms with Gasteiger partial charge in [-0.2, -0.15) is 0 Å². The lowest BCUT2D eigenvalue weighted by Crippen LogP contribution is -2.57. The highest BCUT2D eigenvalue weighted by atomic mass is 19.1. The van der Waals surface area contributed by atoms with E-state index in [0.29, 0.717) is 12.1 Å². The number of amides is 2. The molecule has 1 saturated carbocycles. The van der Waals surface area contributed by atoms with Gasteiger partial charge in [0.15, 0.2) is 17.7 Å². The third kappa shape index (κ3) is 3.47. The van der Waals surface area contributed by atoms with Gasteiger partial charge in [0.05, 0.1) is 19.8 Å². The third-order valence-corrected chi connectivity index (χ3v) is 6.42. The number of ether oxygens (including phenoxy) is 2. The van der Waals surface area contributed by atoms with E-state index in [4.69, 9.17) is 9.47 Å². The van der Waals surface area contributed by atoms with Crippen LogP contribution in [0.15, 0.2) is 23.1 Å². The van der Waals surface area contributed by atoms with Crippen LogP contribution in [0.4, 0.5) is 13.2 Å². The maximum Gasteiger partial charge on any atom is 0.276 e. The fraction of sp³-hybridized carbons (Fsp3) is 0.409. The van der Waals surface area contributed by atoms with Gasteiger partial charge >= 0.3 is 0 Å². The number of fused-ring (bicyclic) bond motifs is 5. The molecule has 2 bridgehead atoms. The van der Waals surface area contributed by atoms with Crippen molar-refractivity contribution in [3.8, 4) is 5.75 Å². The van der Waals surface area contributed by atoms with E-state index in [-0.39, 0.29) is 35.7 Å². The van der Waals surface area contributed by atoms with Gasteiger partial charge in [-0.05, 0) is 19.3 Å². The number of benzene rings is 1. The smallest absolute Gasteiger partial charge is 0.276 e. The van der Waals surface area contributed by atoms with Crippen molar-refractivity contribution in [2.75, 3.05) is 7.11 Å². The Kier molecular flexibility index (Phi) is 5.15. The molecule has 0 spiro atoms. The highest BCUT2D eigenvalue weighted by molar-refractivity contribution is 5.99. The van der Waals surface area contributed by atoms with Gasteiger partial charge < -0.3 is 24.3 Å². The maximum absolute atomic E-state index is 13.9. The van der Waals surface area contributed by atoms with Crippen LogP contribution < -0.4 is 15.5 Å². The van der Waals surface area contributed by atoms with E-state index in [1.165, 1.54) is 17.9 Å². The Morgan fingerprint density at radius 2 is 1.94 bits per heavy atom. The predicted octanol–water partition coefficient (Wildman–Crippen LogP) is 1.94. The zero-order chi connectivity index (χ0) is 23.4. The second-order valence-electron chi connectivity index (χ2n) is 8.33. The van der Waals surface area contributed by atoms with Crippen LogP contribution in [0.2, 0.25) is 0 Å². The normalized spacial score (nSPS) is 23.2. The van der Waals surface area contributed by atoms with Crippen molar-refractivity contribution in [3.05, 3.63) is 62.8 Å². The van der Waals surface area contributed by atoms with Crippen LogP contribution >= 0.6 is 0 Å². The summed E-state index contributed by atoms with van der Waals surface area (Å²) in [6, 6.07) is 1.02. The molecule has 1 aromatic carbocycles. The zero-order valence-corrected chi connectivity index (χ0v) is 17.6. The van der Waals surface area contributed by atoms with Gasteiger partial charge in [0.2, 0.25) is 5.43 Å². The molecule has 3 atom stereocenters. The zero-order valence-electron chi connectivity index (χ0n) is 17.6. The number of hydrogen-bond acceptors (Lipinski definition) is 5. The van der Waals surface area contributed by atoms with Crippen LogP contribution in [0.25, 0.3) is 0 Å². The monoisotopic (exact) mass is 463 g/mol. The van der Waals surface area contributed by atoms with Crippen molar-refractivity contribution in [1.29, 1.82) is 0 Å². The molecule has 2 fully saturated rings. The van der Waals surface area contributed by atoms with Crippen molar-refractivity contribution >= 4 is 11.8 Å². The summed E-state index contributed by atoms with van der Waals surface area (Å²) in [5.41, 5.74) is -1.71. The van der Waals surface area contributed by atoms with Gasteiger partial charge in [-0.25, -0.2) is 13.2 Å². The first-order valence-corrected chi connectivity index (χ1v) is 10.5. The SMILES string of the molecule is COc1c2n(cc(C(=O)NCc3c(F)cc(F)cc3F)c1=O)C[C@H]1O[C@@H]3CC[C@@H](C3)N1C2=O. The molecular weight excluding hydrogens is 443 g/mol. The molecule has 5 rings (SSSR count). The summed E-state index contributed by atoms with van der Waals surface area (Å²) in [7, 11) is 1.22. The highest BCUT2D eigenvalue weighted by Gasteiger charge is 2.47. The summed E-state index contributed by atoms with van der Waals surface area (Å²) in [4.78, 5) is 40.6. The first-order valence-electron chi connectivity index (χ1n) is 10.5. The van der Waals surface area contributed by atoms with Gasteiger partial charge in [0.25, 0.3) is 11.8 Å². The van der Waals surface area contributed by atoms with Gasteiger partial charge in [0.1, 0.15) is 23.0 Å². The molecule has 2 aliphatic heterocycles. The van der Waals surface area contributed by atoms with Crippen LogP contribution in [0.3, 0.4) is 0 Å². The molecule has 1 aliphatic carbocycles. The van der Waals surface area contributed by atoms with E-state index in [1.54, 1.807) is 4.90 Å². The van der Waals surface area contributed by atoms with Crippen molar-refractivity contribution in [1.82, 2.24) is 14.8 Å². The average Bonchev–Trinajstić information content (AvgIpc) is 3.13. The second-order valence-corrected chi connectivity index (χ2v) is 8.33. The number of hydrogen-bond donors (Lipinski definition) is 1. The quantitative estimate of drug-likeness (QED) is 0.749. The maximum atomic E-state index is 13.9. The molecule has 0 radical (unpaired) electrons. The molecule has 33 heavy (non-hydrogen) atoms. The molecule has 2 amide bonds. The van der Waals surface area contributed by atoms with Crippen LogP contribution in [0, 0.1) is 17.5 Å².